The van der Waals surface area contributed by atoms with E-state index in [1.165, 1.54) is 12.3 Å². The van der Waals surface area contributed by atoms with E-state index in [1.807, 2.05) is 0 Å². The summed E-state index contributed by atoms with van der Waals surface area (Å²) in [6, 6.07) is 8.58. The zero-order chi connectivity index (χ0) is 21.2. The summed E-state index contributed by atoms with van der Waals surface area (Å²) < 4.78 is 22.9. The predicted octanol–water partition coefficient (Wildman–Crippen LogP) is 3.42. The Kier molecular flexibility index (Phi) is 5.17. The Morgan fingerprint density at radius 1 is 1.19 bits per heavy atom. The highest BCUT2D eigenvalue weighted by atomic mass is 19.1. The Bertz CT molecular complexity index is 1230. The lowest BCUT2D eigenvalue weighted by Gasteiger charge is -2.23. The van der Waals surface area contributed by atoms with Gasteiger partial charge in [0, 0.05) is 37.2 Å². The number of hydrogen-bond acceptors (Lipinski definition) is 5. The van der Waals surface area contributed by atoms with Crippen molar-refractivity contribution in [3.8, 4) is 0 Å². The second kappa shape index (κ2) is 8.27. The van der Waals surface area contributed by atoms with E-state index >= 15 is 0 Å². The molecule has 1 aliphatic rings. The van der Waals surface area contributed by atoms with E-state index in [1.54, 1.807) is 47.7 Å². The smallest absolute Gasteiger partial charge is 0.257 e. The number of nitrogens with zero attached hydrogens (tertiary/aromatic N) is 5. The molecule has 0 aliphatic carbocycles. The number of benzene rings is 1. The van der Waals surface area contributed by atoms with Crippen LogP contribution in [0.3, 0.4) is 0 Å². The number of pyridine rings is 1. The molecule has 1 aliphatic heterocycles. The number of rotatable bonds is 5. The summed E-state index contributed by atoms with van der Waals surface area (Å²) in [5.41, 5.74) is 2.90. The van der Waals surface area contributed by atoms with Crippen molar-refractivity contribution in [2.45, 2.75) is 25.4 Å². The summed E-state index contributed by atoms with van der Waals surface area (Å²) in [6.07, 6.45) is 8.38. The maximum atomic E-state index is 13.8. The number of nitrogens with one attached hydrogen (secondary N) is 1. The number of fused-ring (bicyclic) bond motifs is 1. The molecule has 1 amide bonds. The number of hydrogen-bond donors (Lipinski definition) is 1. The van der Waals surface area contributed by atoms with Crippen LogP contribution in [0.25, 0.3) is 11.2 Å². The van der Waals surface area contributed by atoms with E-state index in [2.05, 4.69) is 25.0 Å². The van der Waals surface area contributed by atoms with E-state index in [4.69, 9.17) is 4.74 Å². The molecule has 0 spiro atoms. The van der Waals surface area contributed by atoms with Gasteiger partial charge >= 0.3 is 0 Å². The van der Waals surface area contributed by atoms with E-state index in [0.717, 1.165) is 31.7 Å². The average molecular weight is 420 g/mol. The molecule has 9 heteroatoms. The molecule has 4 heterocycles. The maximum absolute atomic E-state index is 13.8. The van der Waals surface area contributed by atoms with Gasteiger partial charge < -0.3 is 14.6 Å². The molecule has 158 valence electrons. The Labute approximate surface area is 177 Å². The normalized spacial score (nSPS) is 14.7. The summed E-state index contributed by atoms with van der Waals surface area (Å²) >= 11 is 0. The van der Waals surface area contributed by atoms with E-state index < -0.39 is 0 Å². The highest BCUT2D eigenvalue weighted by Gasteiger charge is 2.19. The molecule has 1 aromatic carbocycles. The molecule has 31 heavy (non-hydrogen) atoms. The monoisotopic (exact) mass is 420 g/mol. The van der Waals surface area contributed by atoms with Crippen molar-refractivity contribution in [1.82, 2.24) is 24.3 Å². The molecule has 8 nitrogen and oxygen atoms in total. The lowest BCUT2D eigenvalue weighted by molar-refractivity contribution is 0.0704. The molecule has 0 saturated carbocycles. The lowest BCUT2D eigenvalue weighted by Crippen LogP contribution is -2.19. The zero-order valence-corrected chi connectivity index (χ0v) is 16.7. The molecule has 4 aromatic rings. The summed E-state index contributed by atoms with van der Waals surface area (Å²) in [5.74, 6) is -0.594. The van der Waals surface area contributed by atoms with Crippen molar-refractivity contribution >= 4 is 22.8 Å². The van der Waals surface area contributed by atoms with Crippen molar-refractivity contribution in [3.63, 3.8) is 0 Å². The summed E-state index contributed by atoms with van der Waals surface area (Å²) in [5, 5.41) is 7.00. The summed E-state index contributed by atoms with van der Waals surface area (Å²) in [4.78, 5) is 21.6. The van der Waals surface area contributed by atoms with Crippen LogP contribution in [0.4, 0.5) is 10.1 Å². The first kappa shape index (κ1) is 19.4. The van der Waals surface area contributed by atoms with Crippen molar-refractivity contribution < 1.29 is 13.9 Å². The van der Waals surface area contributed by atoms with Crippen molar-refractivity contribution in [2.75, 3.05) is 18.5 Å². The van der Waals surface area contributed by atoms with Crippen LogP contribution in [0, 0.1) is 5.82 Å². The number of carbonyl (C=O) groups is 1. The molecule has 3 aromatic heterocycles. The molecular formula is C22H21FN6O2. The first-order valence-electron chi connectivity index (χ1n) is 10.1. The molecule has 1 N–H and O–H groups in total. The van der Waals surface area contributed by atoms with Crippen LogP contribution in [0.2, 0.25) is 0 Å². The molecular weight excluding hydrogens is 399 g/mol. The van der Waals surface area contributed by atoms with Gasteiger partial charge in [0.1, 0.15) is 11.3 Å². The van der Waals surface area contributed by atoms with Crippen LogP contribution in [-0.2, 0) is 11.3 Å². The molecule has 1 fully saturated rings. The third-order valence-electron chi connectivity index (χ3n) is 5.44. The van der Waals surface area contributed by atoms with Gasteiger partial charge in [-0.1, -0.05) is 18.2 Å². The molecule has 0 radical (unpaired) electrons. The highest BCUT2D eigenvalue weighted by Crippen LogP contribution is 2.25. The van der Waals surface area contributed by atoms with Crippen LogP contribution >= 0.6 is 0 Å². The minimum atomic E-state index is -0.305. The second-order valence-electron chi connectivity index (χ2n) is 7.53. The van der Waals surface area contributed by atoms with Crippen LogP contribution in [0.1, 0.15) is 34.8 Å². The van der Waals surface area contributed by atoms with Gasteiger partial charge in [-0.15, -0.1) is 0 Å². The minimum absolute atomic E-state index is 0.277. The van der Waals surface area contributed by atoms with Crippen molar-refractivity contribution in [2.24, 2.45) is 0 Å². The molecule has 1 saturated heterocycles. The van der Waals surface area contributed by atoms with Crippen molar-refractivity contribution in [3.05, 3.63) is 72.2 Å². The van der Waals surface area contributed by atoms with Gasteiger partial charge in [-0.05, 0) is 25.0 Å². The molecule has 0 unspecified atom stereocenters. The van der Waals surface area contributed by atoms with Crippen LogP contribution in [-0.4, -0.2) is 43.4 Å². The largest absolute Gasteiger partial charge is 0.381 e. The van der Waals surface area contributed by atoms with Crippen LogP contribution in [0.15, 0.2) is 55.2 Å². The topological polar surface area (TPSA) is 86.9 Å². The van der Waals surface area contributed by atoms with Crippen LogP contribution < -0.4 is 5.32 Å². The van der Waals surface area contributed by atoms with Gasteiger partial charge in [-0.25, -0.2) is 14.4 Å². The minimum Gasteiger partial charge on any atom is -0.381 e. The quantitative estimate of drug-likeness (QED) is 0.535. The number of aromatic nitrogens is 5. The Balaban J connectivity index is 1.29. The zero-order valence-electron chi connectivity index (χ0n) is 16.7. The predicted molar refractivity (Wildman–Crippen MR) is 112 cm³/mol. The van der Waals surface area contributed by atoms with Gasteiger partial charge in [0.2, 0.25) is 0 Å². The van der Waals surface area contributed by atoms with Crippen molar-refractivity contribution in [1.29, 1.82) is 0 Å². The first-order valence-corrected chi connectivity index (χ1v) is 10.1. The SMILES string of the molecule is O=C(Nc1cnn(Cc2ccccc2F)c1)c1cnc2c(c1)ncn2C1CCOCC1. The Hall–Kier alpha value is -3.59. The molecule has 0 bridgehead atoms. The Morgan fingerprint density at radius 3 is 2.87 bits per heavy atom. The van der Waals surface area contributed by atoms with E-state index in [0.29, 0.717) is 28.4 Å². The third-order valence-corrected chi connectivity index (χ3v) is 5.44. The number of carbonyl (C=O) groups excluding carboxylic acids is 1. The lowest BCUT2D eigenvalue weighted by atomic mass is 10.1. The van der Waals surface area contributed by atoms with Gasteiger partial charge in [0.05, 0.1) is 30.3 Å². The molecule has 0 atom stereocenters. The fourth-order valence-electron chi connectivity index (χ4n) is 3.79. The maximum Gasteiger partial charge on any atom is 0.257 e. The van der Waals surface area contributed by atoms with Crippen LogP contribution in [0.5, 0.6) is 0 Å². The van der Waals surface area contributed by atoms with Gasteiger partial charge in [-0.3, -0.25) is 9.48 Å². The summed E-state index contributed by atoms with van der Waals surface area (Å²) in [6.45, 7) is 1.74. The summed E-state index contributed by atoms with van der Waals surface area (Å²) in [7, 11) is 0. The Morgan fingerprint density at radius 2 is 2.03 bits per heavy atom. The number of ether oxygens (including phenoxy) is 1. The number of amides is 1. The number of halogens is 1. The third kappa shape index (κ3) is 4.04. The van der Waals surface area contributed by atoms with E-state index in [-0.39, 0.29) is 18.3 Å². The highest BCUT2D eigenvalue weighted by molar-refractivity contribution is 6.05. The number of anilines is 1. The van der Waals surface area contributed by atoms with E-state index in [9.17, 15) is 9.18 Å². The number of imidazole rings is 1. The van der Waals surface area contributed by atoms with Gasteiger partial charge in [-0.2, -0.15) is 5.10 Å². The fraction of sp³-hybridized carbons (Fsp3) is 0.273. The van der Waals surface area contributed by atoms with Gasteiger partial charge in [0.25, 0.3) is 5.91 Å². The second-order valence-corrected chi connectivity index (χ2v) is 7.53. The average Bonchev–Trinajstić information content (AvgIpc) is 3.42. The fourth-order valence-corrected chi connectivity index (χ4v) is 3.79. The standard InChI is InChI=1S/C22H21FN6O2/c23-19-4-2-1-3-15(19)12-28-13-17(11-26-28)27-22(30)16-9-20-21(24-10-16)29(14-25-20)18-5-7-31-8-6-18/h1-4,9-11,13-14,18H,5-8,12H2,(H,27,30). The molecule has 5 rings (SSSR count). The first-order chi connectivity index (χ1) is 15.2. The van der Waals surface area contributed by atoms with Gasteiger partial charge in [0.15, 0.2) is 5.65 Å².